The second-order valence-electron chi connectivity index (χ2n) is 6.52. The number of ether oxygens (including phenoxy) is 5. The van der Waals surface area contributed by atoms with Crippen molar-refractivity contribution in [3.63, 3.8) is 0 Å². The molecule has 0 saturated carbocycles. The van der Waals surface area contributed by atoms with Crippen LogP contribution in [0.5, 0.6) is 23.0 Å². The van der Waals surface area contributed by atoms with Crippen LogP contribution in [-0.4, -0.2) is 44.6 Å². The van der Waals surface area contributed by atoms with Gasteiger partial charge in [0.05, 0.1) is 43.5 Å². The van der Waals surface area contributed by atoms with Crippen molar-refractivity contribution in [2.75, 3.05) is 28.1 Å². The largest absolute Gasteiger partial charge is 0.497 e. The van der Waals surface area contributed by atoms with Gasteiger partial charge in [0.1, 0.15) is 11.5 Å². The maximum atomic E-state index is 13.0. The van der Waals surface area contributed by atoms with Crippen molar-refractivity contribution in [1.29, 1.82) is 0 Å². The number of carbonyl (C=O) groups excluding carboxylic acids is 2. The molecular formula is C21H20N2O7S. The van der Waals surface area contributed by atoms with Gasteiger partial charge in [-0.15, -0.1) is 0 Å². The number of aromatic nitrogens is 1. The first kappa shape index (κ1) is 20.7. The van der Waals surface area contributed by atoms with E-state index in [1.807, 2.05) is 12.1 Å². The van der Waals surface area contributed by atoms with E-state index in [0.29, 0.717) is 33.4 Å². The molecule has 4 rings (SSSR count). The Morgan fingerprint density at radius 3 is 2.58 bits per heavy atom. The highest BCUT2D eigenvalue weighted by molar-refractivity contribution is 7.16. The summed E-state index contributed by atoms with van der Waals surface area (Å²) >= 11 is 1.32. The summed E-state index contributed by atoms with van der Waals surface area (Å²) in [6, 6.07) is 8.56. The van der Waals surface area contributed by atoms with Crippen LogP contribution in [0.15, 0.2) is 35.3 Å². The number of methoxy groups -OCH3 is 3. The van der Waals surface area contributed by atoms with Crippen LogP contribution in [0.3, 0.4) is 0 Å². The summed E-state index contributed by atoms with van der Waals surface area (Å²) in [4.78, 5) is 29.5. The summed E-state index contributed by atoms with van der Waals surface area (Å²) in [6.07, 6.45) is 0.129. The summed E-state index contributed by atoms with van der Waals surface area (Å²) in [5, 5.41) is 0. The number of nitrogens with zero attached hydrogens (tertiary/aromatic N) is 2. The number of hydrogen-bond acceptors (Lipinski definition) is 8. The highest BCUT2D eigenvalue weighted by Crippen LogP contribution is 2.37. The molecule has 0 radical (unpaired) electrons. The third-order valence-corrected chi connectivity index (χ3v) is 5.82. The molecule has 2 aromatic carbocycles. The smallest absolute Gasteiger partial charge is 0.307 e. The number of benzene rings is 2. The molecule has 0 saturated heterocycles. The zero-order valence-corrected chi connectivity index (χ0v) is 18.0. The van der Waals surface area contributed by atoms with Crippen LogP contribution >= 0.6 is 11.3 Å². The molecular weight excluding hydrogens is 424 g/mol. The van der Waals surface area contributed by atoms with E-state index in [4.69, 9.17) is 23.7 Å². The molecule has 1 amide bonds. The summed E-state index contributed by atoms with van der Waals surface area (Å²) < 4.78 is 28.8. The lowest BCUT2D eigenvalue weighted by Crippen LogP contribution is -2.19. The monoisotopic (exact) mass is 444 g/mol. The second-order valence-corrected chi connectivity index (χ2v) is 7.53. The molecule has 31 heavy (non-hydrogen) atoms. The van der Waals surface area contributed by atoms with E-state index in [-0.39, 0.29) is 25.7 Å². The first-order valence-electron chi connectivity index (χ1n) is 9.35. The molecule has 162 valence electrons. The van der Waals surface area contributed by atoms with Gasteiger partial charge in [0.2, 0.25) is 6.79 Å². The van der Waals surface area contributed by atoms with E-state index in [1.54, 1.807) is 22.8 Å². The van der Waals surface area contributed by atoms with Gasteiger partial charge in [-0.25, -0.2) is 0 Å². The number of aryl methyl sites for hydroxylation is 1. The van der Waals surface area contributed by atoms with E-state index >= 15 is 0 Å². The number of amides is 1. The number of fused-ring (bicyclic) bond motifs is 2. The molecule has 0 spiro atoms. The molecule has 10 heteroatoms. The van der Waals surface area contributed by atoms with Crippen LogP contribution < -0.4 is 23.7 Å². The Hall–Kier alpha value is -3.53. The van der Waals surface area contributed by atoms with Crippen LogP contribution in [-0.2, 0) is 16.1 Å². The maximum absolute atomic E-state index is 13.0. The molecule has 2 heterocycles. The zero-order chi connectivity index (χ0) is 22.0. The van der Waals surface area contributed by atoms with Crippen molar-refractivity contribution in [1.82, 2.24) is 4.57 Å². The standard InChI is InChI=1S/C21H20N2O7S/c1-26-12-4-5-13(15(8-12)27-2)20(25)22-21-23(7-6-19(24)28-3)14-9-16-17(30-11-29-16)10-18(14)31-21/h4-5,8-10H,6-7,11H2,1-3H3. The average Bonchev–Trinajstić information content (AvgIpc) is 3.38. The van der Waals surface area contributed by atoms with Crippen molar-refractivity contribution < 1.29 is 33.3 Å². The minimum atomic E-state index is -0.474. The van der Waals surface area contributed by atoms with Gasteiger partial charge in [-0.1, -0.05) is 11.3 Å². The van der Waals surface area contributed by atoms with E-state index in [1.165, 1.54) is 32.7 Å². The Morgan fingerprint density at radius 2 is 1.87 bits per heavy atom. The Bertz CT molecular complexity index is 1230. The Balaban J connectivity index is 1.81. The molecule has 0 atom stereocenters. The number of carbonyl (C=O) groups is 2. The molecule has 3 aromatic rings. The Labute approximate surface area is 181 Å². The van der Waals surface area contributed by atoms with Gasteiger partial charge in [0.25, 0.3) is 5.91 Å². The van der Waals surface area contributed by atoms with E-state index < -0.39 is 5.91 Å². The first-order chi connectivity index (χ1) is 15.0. The van der Waals surface area contributed by atoms with E-state index in [2.05, 4.69) is 4.99 Å². The van der Waals surface area contributed by atoms with Crippen molar-refractivity contribution in [3.05, 3.63) is 40.7 Å². The fourth-order valence-electron chi connectivity index (χ4n) is 3.19. The Morgan fingerprint density at radius 1 is 1.10 bits per heavy atom. The normalized spacial score (nSPS) is 12.8. The lowest BCUT2D eigenvalue weighted by atomic mass is 10.2. The van der Waals surface area contributed by atoms with E-state index in [9.17, 15) is 9.59 Å². The van der Waals surface area contributed by atoms with Gasteiger partial charge < -0.3 is 28.3 Å². The summed E-state index contributed by atoms with van der Waals surface area (Å²) in [6.45, 7) is 0.444. The van der Waals surface area contributed by atoms with Gasteiger partial charge in [-0.05, 0) is 12.1 Å². The van der Waals surface area contributed by atoms with Crippen LogP contribution in [0, 0.1) is 0 Å². The minimum Gasteiger partial charge on any atom is -0.497 e. The number of hydrogen-bond donors (Lipinski definition) is 0. The Kier molecular flexibility index (Phi) is 5.81. The number of rotatable bonds is 6. The molecule has 1 aromatic heterocycles. The molecule has 0 unspecified atom stereocenters. The molecule has 1 aliphatic heterocycles. The fourth-order valence-corrected chi connectivity index (χ4v) is 4.25. The van der Waals surface area contributed by atoms with Crippen molar-refractivity contribution in [3.8, 4) is 23.0 Å². The van der Waals surface area contributed by atoms with Crippen molar-refractivity contribution in [2.45, 2.75) is 13.0 Å². The summed E-state index contributed by atoms with van der Waals surface area (Å²) in [5.41, 5.74) is 1.08. The topological polar surface area (TPSA) is 97.6 Å². The van der Waals surface area contributed by atoms with Gasteiger partial charge >= 0.3 is 5.97 Å². The molecule has 1 aliphatic rings. The molecule has 0 N–H and O–H groups in total. The van der Waals surface area contributed by atoms with Crippen LogP contribution in [0.2, 0.25) is 0 Å². The third kappa shape index (κ3) is 4.06. The number of esters is 1. The van der Waals surface area contributed by atoms with Crippen LogP contribution in [0.4, 0.5) is 0 Å². The summed E-state index contributed by atoms with van der Waals surface area (Å²) in [7, 11) is 4.34. The molecule has 0 bridgehead atoms. The van der Waals surface area contributed by atoms with Gasteiger partial charge in [-0.3, -0.25) is 9.59 Å². The third-order valence-electron chi connectivity index (χ3n) is 4.78. The van der Waals surface area contributed by atoms with Gasteiger partial charge in [0, 0.05) is 24.7 Å². The van der Waals surface area contributed by atoms with Gasteiger partial charge in [-0.2, -0.15) is 4.99 Å². The fraction of sp³-hybridized carbons (Fsp3) is 0.286. The maximum Gasteiger partial charge on any atom is 0.307 e. The highest BCUT2D eigenvalue weighted by atomic mass is 32.1. The van der Waals surface area contributed by atoms with Gasteiger partial charge in [0.15, 0.2) is 16.3 Å². The molecule has 0 aliphatic carbocycles. The van der Waals surface area contributed by atoms with Crippen molar-refractivity contribution >= 4 is 33.4 Å². The second kappa shape index (κ2) is 8.68. The minimum absolute atomic E-state index is 0.129. The van der Waals surface area contributed by atoms with E-state index in [0.717, 1.165) is 10.2 Å². The predicted molar refractivity (Wildman–Crippen MR) is 112 cm³/mol. The summed E-state index contributed by atoms with van der Waals surface area (Å²) in [5.74, 6) is 1.32. The average molecular weight is 444 g/mol. The zero-order valence-electron chi connectivity index (χ0n) is 17.2. The molecule has 0 fully saturated rings. The lowest BCUT2D eigenvalue weighted by molar-refractivity contribution is -0.140. The lowest BCUT2D eigenvalue weighted by Gasteiger charge is -2.08. The SMILES string of the molecule is COC(=O)CCn1c(=NC(=O)c2ccc(OC)cc2OC)sc2cc3c(cc21)OCO3. The molecule has 9 nitrogen and oxygen atoms in total. The highest BCUT2D eigenvalue weighted by Gasteiger charge is 2.19. The van der Waals surface area contributed by atoms with Crippen LogP contribution in [0.25, 0.3) is 10.2 Å². The number of thiazole rings is 1. The quantitative estimate of drug-likeness (QED) is 0.539. The first-order valence-corrected chi connectivity index (χ1v) is 10.2. The van der Waals surface area contributed by atoms with Crippen LogP contribution in [0.1, 0.15) is 16.8 Å². The predicted octanol–water partition coefficient (Wildman–Crippen LogP) is 2.75. The van der Waals surface area contributed by atoms with Crippen molar-refractivity contribution in [2.24, 2.45) is 4.99 Å².